The number of hydrogen-bond donors (Lipinski definition) is 2. The fourth-order valence-corrected chi connectivity index (χ4v) is 6.62. The molecule has 44 heavy (non-hydrogen) atoms. The first-order valence-electron chi connectivity index (χ1n) is 13.9. The number of nitrogens with zero attached hydrogens (tertiary/aromatic N) is 1. The van der Waals surface area contributed by atoms with Crippen molar-refractivity contribution < 1.29 is 45.4 Å². The minimum absolute atomic E-state index is 0.00191. The first kappa shape index (κ1) is 35.0. The lowest BCUT2D eigenvalue weighted by Gasteiger charge is -2.41. The van der Waals surface area contributed by atoms with Gasteiger partial charge in [-0.15, -0.1) is 8.20 Å². The molecule has 1 saturated heterocycles. The number of ether oxygens (including phenoxy) is 2. The van der Waals surface area contributed by atoms with E-state index in [-0.39, 0.29) is 24.4 Å². The number of halogens is 3. The number of carbonyl (C=O) groups is 3. The van der Waals surface area contributed by atoms with Gasteiger partial charge in [-0.3, -0.25) is 14.3 Å². The van der Waals surface area contributed by atoms with E-state index in [1.54, 1.807) is 19.1 Å². The molecule has 3 atom stereocenters. The van der Waals surface area contributed by atoms with Gasteiger partial charge >= 0.3 is 18.2 Å². The zero-order valence-corrected chi connectivity index (χ0v) is 26.1. The first-order chi connectivity index (χ1) is 20.7. The van der Waals surface area contributed by atoms with Crippen molar-refractivity contribution in [1.29, 1.82) is 0 Å². The number of rotatable bonds is 14. The summed E-state index contributed by atoms with van der Waals surface area (Å²) in [6, 6.07) is 7.51. The number of methoxy groups -OCH3 is 1. The molecule has 0 bridgehead atoms. The van der Waals surface area contributed by atoms with Crippen molar-refractivity contribution in [3.8, 4) is 0 Å². The maximum atomic E-state index is 13.6. The number of ketones is 1. The largest absolute Gasteiger partial charge is 0.458 e. The van der Waals surface area contributed by atoms with Crippen LogP contribution in [0.15, 0.2) is 47.6 Å². The summed E-state index contributed by atoms with van der Waals surface area (Å²) in [5.41, 5.74) is -1.51. The Bertz CT molecular complexity index is 1430. The highest BCUT2D eigenvalue weighted by molar-refractivity contribution is 7.92. The van der Waals surface area contributed by atoms with Crippen LogP contribution in [-0.4, -0.2) is 63.0 Å². The third kappa shape index (κ3) is 9.01. The van der Waals surface area contributed by atoms with Gasteiger partial charge in [0, 0.05) is 30.8 Å². The molecule has 1 amide bonds. The number of sulfonamides is 1. The number of amides is 1. The van der Waals surface area contributed by atoms with E-state index in [9.17, 15) is 36.0 Å². The number of anilines is 1. The average Bonchev–Trinajstić information content (AvgIpc) is 2.97. The second-order valence-corrected chi connectivity index (χ2v) is 12.9. The summed E-state index contributed by atoms with van der Waals surface area (Å²) in [6.07, 6.45) is 2.08. The van der Waals surface area contributed by atoms with Crippen LogP contribution < -0.4 is 10.0 Å². The molecule has 10 nitrogen and oxygen atoms in total. The van der Waals surface area contributed by atoms with E-state index in [1.165, 1.54) is 19.2 Å². The zero-order valence-electron chi connectivity index (χ0n) is 24.4. The molecule has 0 radical (unpaired) electrons. The fourth-order valence-electron chi connectivity index (χ4n) is 5.26. The van der Waals surface area contributed by atoms with Crippen molar-refractivity contribution in [3.63, 3.8) is 0 Å². The van der Waals surface area contributed by atoms with Gasteiger partial charge in [-0.2, -0.15) is 21.6 Å². The third-order valence-corrected chi connectivity index (χ3v) is 9.30. The van der Waals surface area contributed by atoms with Crippen molar-refractivity contribution in [2.75, 3.05) is 24.5 Å². The van der Waals surface area contributed by atoms with Crippen LogP contribution in [0.5, 0.6) is 0 Å². The second-order valence-electron chi connectivity index (χ2n) is 10.4. The molecule has 0 spiro atoms. The van der Waals surface area contributed by atoms with Gasteiger partial charge in [0.25, 0.3) is 10.0 Å². The lowest BCUT2D eigenvalue weighted by atomic mass is 9.74. The SMILES string of the molecule is C=PCCCC1(CCCNC(=O)OC)CC(=O)C(C(CC)c2cccc(NS(=O)(=O)c3ccc(C(F)(F)F)cn3)c2)C(=O)O1. The molecule has 3 unspecified atom stereocenters. The van der Waals surface area contributed by atoms with E-state index in [0.717, 1.165) is 20.4 Å². The number of cyclic esters (lactones) is 1. The number of hydrogen-bond acceptors (Lipinski definition) is 8. The van der Waals surface area contributed by atoms with Crippen molar-refractivity contribution >= 4 is 48.1 Å². The number of alkyl carbamates (subject to hydrolysis) is 1. The number of esters is 1. The number of alkyl halides is 3. The van der Waals surface area contributed by atoms with Crippen LogP contribution in [0.3, 0.4) is 0 Å². The quantitative estimate of drug-likeness (QED) is 0.117. The Morgan fingerprint density at radius 3 is 2.55 bits per heavy atom. The Labute approximate surface area is 256 Å². The molecular weight excluding hydrogens is 622 g/mol. The van der Waals surface area contributed by atoms with E-state index >= 15 is 0 Å². The number of aromatic nitrogens is 1. The van der Waals surface area contributed by atoms with Gasteiger partial charge < -0.3 is 14.8 Å². The minimum atomic E-state index is -4.67. The second kappa shape index (κ2) is 15.0. The van der Waals surface area contributed by atoms with Gasteiger partial charge in [-0.1, -0.05) is 25.4 Å². The summed E-state index contributed by atoms with van der Waals surface area (Å²) in [7, 11) is -2.17. The van der Waals surface area contributed by atoms with Crippen molar-refractivity contribution in [2.24, 2.45) is 5.92 Å². The number of nitrogens with one attached hydrogen (secondary N) is 2. The molecule has 240 valence electrons. The highest BCUT2D eigenvalue weighted by atomic mass is 32.2. The summed E-state index contributed by atoms with van der Waals surface area (Å²) >= 11 is 0. The van der Waals surface area contributed by atoms with Crippen LogP contribution in [-0.2, 0) is 35.3 Å². The topological polar surface area (TPSA) is 141 Å². The third-order valence-electron chi connectivity index (χ3n) is 7.38. The molecule has 15 heteroatoms. The highest BCUT2D eigenvalue weighted by Gasteiger charge is 2.49. The predicted octanol–water partition coefficient (Wildman–Crippen LogP) is 5.56. The number of pyridine rings is 1. The van der Waals surface area contributed by atoms with Crippen molar-refractivity contribution in [3.05, 3.63) is 53.7 Å². The van der Waals surface area contributed by atoms with Gasteiger partial charge in [0.05, 0.1) is 12.7 Å². The van der Waals surface area contributed by atoms with Gasteiger partial charge in [0.2, 0.25) is 0 Å². The van der Waals surface area contributed by atoms with E-state index < -0.39 is 56.3 Å². The molecule has 2 aromatic rings. The number of Topliss-reactive ketones (excluding diaryl/α,β-unsaturated/α-hetero) is 1. The zero-order chi connectivity index (χ0) is 32.5. The molecule has 0 aliphatic carbocycles. The summed E-state index contributed by atoms with van der Waals surface area (Å²) in [5.74, 6) is -2.70. The molecule has 0 saturated carbocycles. The van der Waals surface area contributed by atoms with Gasteiger partial charge in [-0.25, -0.2) is 9.78 Å². The lowest BCUT2D eigenvalue weighted by Crippen LogP contribution is -2.49. The van der Waals surface area contributed by atoms with Crippen molar-refractivity contribution in [1.82, 2.24) is 10.3 Å². The summed E-state index contributed by atoms with van der Waals surface area (Å²) in [4.78, 5) is 41.9. The van der Waals surface area contributed by atoms with Crippen LogP contribution in [0.25, 0.3) is 0 Å². The van der Waals surface area contributed by atoms with E-state index in [1.807, 2.05) is 0 Å². The molecule has 1 aromatic heterocycles. The van der Waals surface area contributed by atoms with Crippen LogP contribution in [0.1, 0.15) is 62.5 Å². The standard InChI is InChI=1S/C29H35F3N3O7PS/c1-4-22(19-8-5-9-21(16-19)35-44(39,40)24-11-10-20(18-34-24)29(30,31)32)25-23(36)17-28(42-26(25)37,13-7-15-43-3)12-6-14-33-27(38)41-2/h5,8-11,16,18,22,25,35H,3-4,6-7,12-15,17H2,1-2H3,(H,33,38). The molecule has 2 heterocycles. The molecular formula is C29H35F3N3O7PS. The Balaban J connectivity index is 1.79. The summed E-state index contributed by atoms with van der Waals surface area (Å²) < 4.78 is 77.2. The Hall–Kier alpha value is -3.51. The molecule has 1 aromatic carbocycles. The molecule has 1 fully saturated rings. The Kier molecular flexibility index (Phi) is 11.9. The first-order valence-corrected chi connectivity index (χ1v) is 16.7. The highest BCUT2D eigenvalue weighted by Crippen LogP contribution is 2.41. The minimum Gasteiger partial charge on any atom is -0.458 e. The normalized spacial score (nSPS) is 19.7. The molecule has 2 N–H and O–H groups in total. The van der Waals surface area contributed by atoms with Gasteiger partial charge in [-0.05, 0) is 68.1 Å². The number of benzene rings is 1. The Morgan fingerprint density at radius 2 is 1.95 bits per heavy atom. The molecule has 1 aliphatic rings. The summed E-state index contributed by atoms with van der Waals surface area (Å²) in [5, 5.41) is 1.97. The van der Waals surface area contributed by atoms with Crippen LogP contribution in [0, 0.1) is 5.92 Å². The van der Waals surface area contributed by atoms with Crippen molar-refractivity contribution in [2.45, 2.75) is 68.2 Å². The van der Waals surface area contributed by atoms with Crippen LogP contribution in [0.4, 0.5) is 23.7 Å². The fraction of sp³-hybridized carbons (Fsp3) is 0.483. The predicted molar refractivity (Wildman–Crippen MR) is 159 cm³/mol. The monoisotopic (exact) mass is 657 g/mol. The Morgan fingerprint density at radius 1 is 1.23 bits per heavy atom. The van der Waals surface area contributed by atoms with E-state index in [0.29, 0.717) is 49.9 Å². The van der Waals surface area contributed by atoms with E-state index in [4.69, 9.17) is 4.74 Å². The average molecular weight is 658 g/mol. The van der Waals surface area contributed by atoms with Gasteiger partial charge in [0.1, 0.15) is 11.5 Å². The molecule has 3 rings (SSSR count). The van der Waals surface area contributed by atoms with Crippen LogP contribution in [0.2, 0.25) is 0 Å². The maximum Gasteiger partial charge on any atom is 0.417 e. The lowest BCUT2D eigenvalue weighted by molar-refractivity contribution is -0.180. The smallest absolute Gasteiger partial charge is 0.417 e. The maximum absolute atomic E-state index is 13.6. The van der Waals surface area contributed by atoms with Crippen LogP contribution >= 0.6 is 8.20 Å². The van der Waals surface area contributed by atoms with Gasteiger partial charge in [0.15, 0.2) is 10.8 Å². The molecule has 1 aliphatic heterocycles. The van der Waals surface area contributed by atoms with E-state index in [2.05, 4.69) is 26.1 Å². The number of carbonyl (C=O) groups excluding carboxylic acids is 3. The summed E-state index contributed by atoms with van der Waals surface area (Å²) in [6.45, 7) is 2.07.